The van der Waals surface area contributed by atoms with E-state index in [2.05, 4.69) is 4.74 Å². The molecule has 0 amide bonds. The summed E-state index contributed by atoms with van der Waals surface area (Å²) in [7, 11) is 0. The molecular formula is C21H40O4. The molecule has 0 heterocycles. The van der Waals surface area contributed by atoms with E-state index in [0.717, 1.165) is 0 Å². The van der Waals surface area contributed by atoms with Gasteiger partial charge in [0, 0.05) is 42.5 Å². The number of rotatable bonds is 18. The first kappa shape index (κ1) is 3.82. The normalized spacial score (nSPS) is 43.2. The predicted octanol–water partition coefficient (Wildman–Crippen LogP) is 4.92. The molecule has 148 valence electrons. The van der Waals surface area contributed by atoms with Crippen molar-refractivity contribution >= 4 is 5.97 Å². The molecule has 4 heteroatoms. The number of carbonyl (C=O) groups is 1. The molecule has 0 saturated heterocycles. The van der Waals surface area contributed by atoms with Crippen molar-refractivity contribution in [3.63, 3.8) is 0 Å². The Morgan fingerprint density at radius 2 is 1.52 bits per heavy atom. The summed E-state index contributed by atoms with van der Waals surface area (Å²) in [5.41, 5.74) is 0. The van der Waals surface area contributed by atoms with Crippen LogP contribution in [0.1, 0.15) is 144 Å². The molecule has 1 unspecified atom stereocenters. The van der Waals surface area contributed by atoms with Gasteiger partial charge in [0.05, 0.1) is 18.6 Å². The van der Waals surface area contributed by atoms with Crippen LogP contribution in [0.5, 0.6) is 0 Å². The third-order valence-corrected chi connectivity index (χ3v) is 1.59. The number of ether oxygens (including phenoxy) is 1. The maximum atomic E-state index is 11.8. The van der Waals surface area contributed by atoms with E-state index >= 15 is 0 Å². The smallest absolute Gasteiger partial charge is 0.337 e. The van der Waals surface area contributed by atoms with Crippen LogP contribution in [-0.2, 0) is 9.53 Å². The van der Waals surface area contributed by atoms with Crippen molar-refractivity contribution in [3.05, 3.63) is 12.1 Å². The molecule has 0 bridgehead atoms. The molecule has 0 saturated carbocycles. The van der Waals surface area contributed by atoms with Gasteiger partial charge in [-0.15, -0.1) is 0 Å². The molecule has 0 rings (SSSR count). The Morgan fingerprint density at radius 3 is 2.08 bits per heavy atom. The minimum Gasteiger partial charge on any atom is -0.464 e. The summed E-state index contributed by atoms with van der Waals surface area (Å²) in [5, 5.41) is 18.2. The van der Waals surface area contributed by atoms with Gasteiger partial charge < -0.3 is 14.9 Å². The fourth-order valence-corrected chi connectivity index (χ4v) is 0.681. The Hall–Kier alpha value is -0.870. The van der Waals surface area contributed by atoms with Gasteiger partial charge in [0.1, 0.15) is 0 Å². The lowest BCUT2D eigenvalue weighted by Crippen LogP contribution is -2.26. The summed E-state index contributed by atoms with van der Waals surface area (Å²) in [5.74, 6) is -2.18. The molecule has 0 aromatic heterocycles. The summed E-state index contributed by atoms with van der Waals surface area (Å²) in [6.07, 6.45) is -70.6. The molecule has 0 spiro atoms. The Bertz CT molecular complexity index is 1620. The predicted molar refractivity (Wildman–Crippen MR) is 104 cm³/mol. The van der Waals surface area contributed by atoms with Crippen LogP contribution in [0.4, 0.5) is 0 Å². The van der Waals surface area contributed by atoms with Gasteiger partial charge in [0.2, 0.25) is 0 Å². The van der Waals surface area contributed by atoms with Crippen LogP contribution in [0.25, 0.3) is 0 Å². The maximum Gasteiger partial charge on any atom is 0.337 e. The number of aliphatic hydroxyl groups is 2. The number of esters is 1. The topological polar surface area (TPSA) is 66.8 Å². The summed E-state index contributed by atoms with van der Waals surface area (Å²) in [4.78, 5) is 11.8. The third kappa shape index (κ3) is 17.7. The van der Waals surface area contributed by atoms with Crippen LogP contribution in [0.3, 0.4) is 0 Å². The highest BCUT2D eigenvalue weighted by atomic mass is 16.5. The Kier molecular flexibility index (Phi) is 2.97. The highest BCUT2D eigenvalue weighted by Gasteiger charge is 2.14. The van der Waals surface area contributed by atoms with E-state index in [1.54, 1.807) is 0 Å². The van der Waals surface area contributed by atoms with Crippen LogP contribution in [0, 0.1) is 0 Å². The van der Waals surface area contributed by atoms with Crippen LogP contribution in [0.2, 0.25) is 0 Å². The number of carbonyl (C=O) groups excluding carboxylic acids is 1. The van der Waals surface area contributed by atoms with Crippen LogP contribution in [-0.4, -0.2) is 35.5 Å². The summed E-state index contributed by atoms with van der Waals surface area (Å²) in [6, 6.07) is -5.24. The van der Waals surface area contributed by atoms with Crippen LogP contribution in [0.15, 0.2) is 12.1 Å². The number of aliphatic hydroxyl groups excluding tert-OH is 2. The highest BCUT2D eigenvalue weighted by molar-refractivity contribution is 5.74. The molecule has 0 aromatic rings. The van der Waals surface area contributed by atoms with Crippen molar-refractivity contribution in [2.45, 2.75) is 102 Å². The summed E-state index contributed by atoms with van der Waals surface area (Å²) in [6.45, 7) is -10.1. The van der Waals surface area contributed by atoms with Crippen molar-refractivity contribution in [1.29, 1.82) is 0 Å². The lowest BCUT2D eigenvalue weighted by Gasteiger charge is -2.07. The first-order valence-corrected chi connectivity index (χ1v) is 6.13. The van der Waals surface area contributed by atoms with E-state index in [4.69, 9.17) is 53.1 Å². The molecule has 2 N–H and O–H groups in total. The lowest BCUT2D eigenvalue weighted by molar-refractivity contribution is -0.155. The quantitative estimate of drug-likeness (QED) is 0.257. The van der Waals surface area contributed by atoms with Gasteiger partial charge >= 0.3 is 5.97 Å². The number of hydrogen-bond acceptors (Lipinski definition) is 4. The first-order valence-electron chi connectivity index (χ1n) is 23.6. The molecule has 0 aliphatic rings. The molecule has 0 fully saturated rings. The average molecular weight is 392 g/mol. The minimum atomic E-state index is -5.05. The standard InChI is InChI=1S/C21H40O4/c1-2-3-4-5-6-7-8-9-10-11-12-13-14-15-16-17-18-25-21(24)20(23)19-22/h9-10,20,22-23H,2-8,11-19H2,1H3/b10-9-/i1D3,2D2,3D2,4D2,5D2,6D2,7D2,8D2,9D,10D,11D2,12D2,13D2,14D2,15D2,16D2,17D2,18D2. The molecule has 1 atom stereocenters. The van der Waals surface area contributed by atoms with Crippen LogP contribution < -0.4 is 0 Å². The van der Waals surface area contributed by atoms with Crippen molar-refractivity contribution in [2.24, 2.45) is 0 Å². The van der Waals surface area contributed by atoms with Crippen LogP contribution >= 0.6 is 0 Å². The Balaban J connectivity index is 7.73. The van der Waals surface area contributed by atoms with E-state index in [-0.39, 0.29) is 0 Å². The fraction of sp³-hybridized carbons (Fsp3) is 0.857. The minimum absolute atomic E-state index is 1.48. The molecule has 25 heavy (non-hydrogen) atoms. The molecule has 0 radical (unpaired) electrons. The second-order valence-corrected chi connectivity index (χ2v) is 3.22. The Morgan fingerprint density at radius 1 is 1.00 bits per heavy atom. The molecule has 0 aliphatic heterocycles. The zero-order valence-electron chi connectivity index (χ0n) is 47.5. The van der Waals surface area contributed by atoms with E-state index in [9.17, 15) is 9.90 Å². The van der Waals surface area contributed by atoms with Gasteiger partial charge in [-0.05, 0) is 31.9 Å². The van der Waals surface area contributed by atoms with Gasteiger partial charge in [0.25, 0.3) is 0 Å². The van der Waals surface area contributed by atoms with E-state index in [0.29, 0.717) is 0 Å². The van der Waals surface area contributed by atoms with Gasteiger partial charge in [-0.3, -0.25) is 0 Å². The zero-order valence-corrected chi connectivity index (χ0v) is 12.5. The molecule has 4 nitrogen and oxygen atoms in total. The lowest BCUT2D eigenvalue weighted by atomic mass is 10.1. The van der Waals surface area contributed by atoms with Crippen molar-refractivity contribution < 1.29 is 67.7 Å². The second kappa shape index (κ2) is 19.5. The van der Waals surface area contributed by atoms with Crippen molar-refractivity contribution in [3.8, 4) is 0 Å². The Labute approximate surface area is 203 Å². The highest BCUT2D eigenvalue weighted by Crippen LogP contribution is 2.10. The van der Waals surface area contributed by atoms with Gasteiger partial charge in [-0.25, -0.2) is 4.79 Å². The fourth-order valence-electron chi connectivity index (χ4n) is 0.681. The number of hydrogen-bond donors (Lipinski definition) is 2. The summed E-state index contributed by atoms with van der Waals surface area (Å²) >= 11 is 0. The van der Waals surface area contributed by atoms with E-state index < -0.39 is 133 Å². The van der Waals surface area contributed by atoms with E-state index in [1.807, 2.05) is 0 Å². The van der Waals surface area contributed by atoms with Gasteiger partial charge in [0.15, 0.2) is 6.10 Å². The zero-order chi connectivity index (χ0) is 49.7. The number of allylic oxidation sites excluding steroid dienone is 2. The van der Waals surface area contributed by atoms with Crippen molar-refractivity contribution in [2.75, 3.05) is 13.2 Å². The monoisotopic (exact) mass is 392 g/mol. The molecular weight excluding hydrogens is 316 g/mol. The van der Waals surface area contributed by atoms with Gasteiger partial charge in [-0.1, -0.05) is 76.3 Å². The van der Waals surface area contributed by atoms with Gasteiger partial charge in [-0.2, -0.15) is 0 Å². The summed E-state index contributed by atoms with van der Waals surface area (Å²) < 4.78 is 283. The largest absolute Gasteiger partial charge is 0.464 e. The first-order chi connectivity index (χ1) is 25.4. The third-order valence-electron chi connectivity index (χ3n) is 1.59. The molecule has 0 aliphatic carbocycles. The second-order valence-electron chi connectivity index (χ2n) is 3.22. The molecule has 0 aromatic carbocycles. The van der Waals surface area contributed by atoms with E-state index in [1.165, 1.54) is 0 Å². The SMILES string of the molecule is [2H]/C(=C(\[2H])C([2H])([2H])C([2H])([2H])C([2H])([2H])C([2H])([2H])C([2H])([2H])C([2H])([2H])C([2H])([2H])C([2H])([2H])OC(=O)C(O)CO)C([2H])([2H])C([2H])([2H])C([2H])([2H])C([2H])([2H])C([2H])([2H])C([2H])([2H])C([2H])([2H])C([2H])([2H])[2H]. The van der Waals surface area contributed by atoms with Crippen molar-refractivity contribution in [1.82, 2.24) is 0 Å². The maximum absolute atomic E-state index is 11.8. The average Bonchev–Trinajstić information content (AvgIpc) is 3.04.